The fourth-order valence-corrected chi connectivity index (χ4v) is 3.34. The Labute approximate surface area is 95.8 Å². The predicted octanol–water partition coefficient (Wildman–Crippen LogP) is 2.40. The van der Waals surface area contributed by atoms with Gasteiger partial charge in [0.2, 0.25) is 10.0 Å². The smallest absolute Gasteiger partial charge is 0.212 e. The lowest BCUT2D eigenvalue weighted by molar-refractivity contribution is 0.403. The van der Waals surface area contributed by atoms with E-state index in [1.807, 2.05) is 26.0 Å². The van der Waals surface area contributed by atoms with Crippen molar-refractivity contribution < 1.29 is 8.42 Å². The van der Waals surface area contributed by atoms with Gasteiger partial charge in [0.05, 0.1) is 11.8 Å². The number of thiophene rings is 1. The van der Waals surface area contributed by atoms with Gasteiger partial charge in [0, 0.05) is 16.8 Å². The molecular formula is C10H17NO2S2. The van der Waals surface area contributed by atoms with Crippen molar-refractivity contribution in [2.75, 3.05) is 12.8 Å². The molecule has 3 nitrogen and oxygen atoms in total. The first-order chi connectivity index (χ1) is 6.88. The SMILES string of the molecule is CCS(=O)(=O)N(C)C(C)c1ccc(C)s1. The molecule has 5 heteroatoms. The number of hydrogen-bond donors (Lipinski definition) is 0. The molecule has 0 aliphatic carbocycles. The molecule has 0 amide bonds. The topological polar surface area (TPSA) is 37.4 Å². The highest BCUT2D eigenvalue weighted by atomic mass is 32.2. The summed E-state index contributed by atoms with van der Waals surface area (Å²) in [5.74, 6) is 0.151. The first-order valence-electron chi connectivity index (χ1n) is 4.90. The highest BCUT2D eigenvalue weighted by Crippen LogP contribution is 2.27. The quantitative estimate of drug-likeness (QED) is 0.819. The molecule has 0 saturated heterocycles. The van der Waals surface area contributed by atoms with Crippen LogP contribution in [-0.2, 0) is 10.0 Å². The van der Waals surface area contributed by atoms with Crippen molar-refractivity contribution in [2.24, 2.45) is 0 Å². The van der Waals surface area contributed by atoms with E-state index in [0.717, 1.165) is 4.88 Å². The van der Waals surface area contributed by atoms with Crippen LogP contribution in [0.1, 0.15) is 29.6 Å². The minimum atomic E-state index is -3.10. The van der Waals surface area contributed by atoms with Crippen LogP contribution in [-0.4, -0.2) is 25.5 Å². The second-order valence-corrected chi connectivity index (χ2v) is 7.18. The van der Waals surface area contributed by atoms with Crippen LogP contribution < -0.4 is 0 Å². The molecule has 0 aromatic carbocycles. The Morgan fingerprint density at radius 3 is 2.47 bits per heavy atom. The summed E-state index contributed by atoms with van der Waals surface area (Å²) < 4.78 is 24.7. The van der Waals surface area contributed by atoms with Crippen LogP contribution in [0.3, 0.4) is 0 Å². The standard InChI is InChI=1S/C10H17NO2S2/c1-5-15(12,13)11(4)9(3)10-7-6-8(2)14-10/h6-7,9H,5H2,1-4H3. The van der Waals surface area contributed by atoms with E-state index in [4.69, 9.17) is 0 Å². The van der Waals surface area contributed by atoms with E-state index in [2.05, 4.69) is 0 Å². The number of nitrogens with zero attached hydrogens (tertiary/aromatic N) is 1. The molecule has 0 saturated carbocycles. The Morgan fingerprint density at radius 1 is 1.47 bits per heavy atom. The van der Waals surface area contributed by atoms with Gasteiger partial charge in [0.1, 0.15) is 0 Å². The molecular weight excluding hydrogens is 230 g/mol. The van der Waals surface area contributed by atoms with Crippen LogP contribution in [0.15, 0.2) is 12.1 Å². The molecule has 1 aromatic heterocycles. The molecule has 1 aromatic rings. The molecule has 0 bridgehead atoms. The molecule has 0 spiro atoms. The summed E-state index contributed by atoms with van der Waals surface area (Å²) in [6.07, 6.45) is 0. The fourth-order valence-electron chi connectivity index (χ4n) is 1.30. The zero-order valence-electron chi connectivity index (χ0n) is 9.52. The van der Waals surface area contributed by atoms with Crippen molar-refractivity contribution in [3.05, 3.63) is 21.9 Å². The van der Waals surface area contributed by atoms with Crippen LogP contribution in [0.5, 0.6) is 0 Å². The normalized spacial score (nSPS) is 14.5. The van der Waals surface area contributed by atoms with Gasteiger partial charge in [0.15, 0.2) is 0 Å². The second kappa shape index (κ2) is 4.63. The zero-order chi connectivity index (χ0) is 11.6. The van der Waals surface area contributed by atoms with Crippen molar-refractivity contribution in [2.45, 2.75) is 26.8 Å². The van der Waals surface area contributed by atoms with Crippen molar-refractivity contribution >= 4 is 21.4 Å². The van der Waals surface area contributed by atoms with E-state index in [1.54, 1.807) is 25.3 Å². The third kappa shape index (κ3) is 2.80. The fraction of sp³-hybridized carbons (Fsp3) is 0.600. The van der Waals surface area contributed by atoms with Crippen LogP contribution in [0.25, 0.3) is 0 Å². The maximum absolute atomic E-state index is 11.7. The van der Waals surface area contributed by atoms with Gasteiger partial charge in [-0.25, -0.2) is 8.42 Å². The summed E-state index contributed by atoms with van der Waals surface area (Å²) in [7, 11) is -1.46. The molecule has 1 unspecified atom stereocenters. The van der Waals surface area contributed by atoms with E-state index in [0.29, 0.717) is 0 Å². The van der Waals surface area contributed by atoms with E-state index in [-0.39, 0.29) is 11.8 Å². The summed E-state index contributed by atoms with van der Waals surface area (Å²) in [4.78, 5) is 2.30. The van der Waals surface area contributed by atoms with Gasteiger partial charge in [-0.05, 0) is 32.9 Å². The molecule has 0 radical (unpaired) electrons. The largest absolute Gasteiger partial charge is 0.214 e. The molecule has 1 atom stereocenters. The summed E-state index contributed by atoms with van der Waals surface area (Å²) >= 11 is 1.64. The molecule has 86 valence electrons. The first kappa shape index (κ1) is 12.7. The van der Waals surface area contributed by atoms with Crippen molar-refractivity contribution in [1.82, 2.24) is 4.31 Å². The van der Waals surface area contributed by atoms with Crippen molar-refractivity contribution in [3.8, 4) is 0 Å². The van der Waals surface area contributed by atoms with Gasteiger partial charge in [-0.1, -0.05) is 0 Å². The average molecular weight is 247 g/mol. The summed E-state index contributed by atoms with van der Waals surface area (Å²) in [6.45, 7) is 5.60. The van der Waals surface area contributed by atoms with E-state index in [9.17, 15) is 8.42 Å². The Morgan fingerprint density at radius 2 is 2.07 bits per heavy atom. The molecule has 0 fully saturated rings. The molecule has 1 heterocycles. The highest BCUT2D eigenvalue weighted by Gasteiger charge is 2.23. The van der Waals surface area contributed by atoms with Crippen molar-refractivity contribution in [1.29, 1.82) is 0 Å². The Bertz CT molecular complexity index is 422. The third-order valence-corrected chi connectivity index (χ3v) is 5.62. The monoisotopic (exact) mass is 247 g/mol. The number of rotatable bonds is 4. The summed E-state index contributed by atoms with van der Waals surface area (Å²) in [5.41, 5.74) is 0. The lowest BCUT2D eigenvalue weighted by Crippen LogP contribution is -2.30. The summed E-state index contributed by atoms with van der Waals surface area (Å²) in [5, 5.41) is 0. The van der Waals surface area contributed by atoms with Gasteiger partial charge < -0.3 is 0 Å². The maximum atomic E-state index is 11.7. The Kier molecular flexibility index (Phi) is 3.92. The van der Waals surface area contributed by atoms with Crippen molar-refractivity contribution in [3.63, 3.8) is 0 Å². The minimum Gasteiger partial charge on any atom is -0.212 e. The molecule has 15 heavy (non-hydrogen) atoms. The number of aryl methyl sites for hydroxylation is 1. The van der Waals surface area contributed by atoms with Gasteiger partial charge in [-0.2, -0.15) is 4.31 Å². The first-order valence-corrected chi connectivity index (χ1v) is 7.33. The summed E-state index contributed by atoms with van der Waals surface area (Å²) in [6, 6.07) is 3.93. The van der Waals surface area contributed by atoms with Gasteiger partial charge >= 0.3 is 0 Å². The van der Waals surface area contributed by atoms with Crippen LogP contribution >= 0.6 is 11.3 Å². The zero-order valence-corrected chi connectivity index (χ0v) is 11.2. The van der Waals surface area contributed by atoms with E-state index >= 15 is 0 Å². The second-order valence-electron chi connectivity index (χ2n) is 3.54. The lowest BCUT2D eigenvalue weighted by atomic mass is 10.3. The Hall–Kier alpha value is -0.390. The predicted molar refractivity (Wildman–Crippen MR) is 64.7 cm³/mol. The molecule has 0 N–H and O–H groups in total. The number of sulfonamides is 1. The molecule has 0 aliphatic heterocycles. The van der Waals surface area contributed by atoms with Gasteiger partial charge in [-0.3, -0.25) is 0 Å². The van der Waals surface area contributed by atoms with Crippen LogP contribution in [0.4, 0.5) is 0 Å². The van der Waals surface area contributed by atoms with Crippen LogP contribution in [0.2, 0.25) is 0 Å². The molecule has 0 aliphatic rings. The number of hydrogen-bond acceptors (Lipinski definition) is 3. The maximum Gasteiger partial charge on any atom is 0.214 e. The lowest BCUT2D eigenvalue weighted by Gasteiger charge is -2.22. The van der Waals surface area contributed by atoms with Gasteiger partial charge in [0.25, 0.3) is 0 Å². The molecule has 1 rings (SSSR count). The average Bonchev–Trinajstić information content (AvgIpc) is 2.62. The van der Waals surface area contributed by atoms with E-state index in [1.165, 1.54) is 9.18 Å². The van der Waals surface area contributed by atoms with Gasteiger partial charge in [-0.15, -0.1) is 11.3 Å². The third-order valence-electron chi connectivity index (χ3n) is 2.52. The van der Waals surface area contributed by atoms with E-state index < -0.39 is 10.0 Å². The Balaban J connectivity index is 2.91. The highest BCUT2D eigenvalue weighted by molar-refractivity contribution is 7.89. The minimum absolute atomic E-state index is 0.0753. The van der Waals surface area contributed by atoms with Crippen LogP contribution in [0, 0.1) is 6.92 Å².